The molecule has 3 N–H and O–H groups in total. The highest BCUT2D eigenvalue weighted by atomic mass is 32.2. The molecule has 2 aromatic rings. The molecule has 0 atom stereocenters. The Hall–Kier alpha value is -2.23. The van der Waals surface area contributed by atoms with Crippen LogP contribution in [-0.2, 0) is 19.6 Å². The van der Waals surface area contributed by atoms with Crippen molar-refractivity contribution < 1.29 is 22.7 Å². The number of carbonyl (C=O) groups excluding carboxylic acids is 2. The van der Waals surface area contributed by atoms with E-state index in [9.17, 15) is 18.0 Å². The molecule has 2 rings (SSSR count). The minimum Gasteiger partial charge on any atom is -0.452 e. The number of hydrogen-bond acceptors (Lipinski definition) is 6. The highest BCUT2D eigenvalue weighted by Gasteiger charge is 2.15. The number of hydrogen-bond donors (Lipinski definition) is 2. The summed E-state index contributed by atoms with van der Waals surface area (Å²) in [6, 6.07) is 7.18. The summed E-state index contributed by atoms with van der Waals surface area (Å²) in [4.78, 5) is 25.4. The zero-order valence-electron chi connectivity index (χ0n) is 13.0. The fraction of sp³-hybridized carbons (Fsp3) is 0.200. The molecule has 0 unspecified atom stereocenters. The van der Waals surface area contributed by atoms with Crippen LogP contribution in [0.5, 0.6) is 0 Å². The van der Waals surface area contributed by atoms with Gasteiger partial charge in [-0.3, -0.25) is 4.79 Å². The highest BCUT2D eigenvalue weighted by molar-refractivity contribution is 7.89. The number of nitrogens with two attached hydrogens (primary N) is 1. The van der Waals surface area contributed by atoms with Gasteiger partial charge < -0.3 is 10.1 Å². The van der Waals surface area contributed by atoms with E-state index in [1.807, 2.05) is 6.92 Å². The number of aryl methyl sites for hydroxylation is 2. The fourth-order valence-corrected chi connectivity index (χ4v) is 3.46. The minimum atomic E-state index is -3.86. The van der Waals surface area contributed by atoms with E-state index in [0.29, 0.717) is 5.56 Å². The van der Waals surface area contributed by atoms with E-state index in [4.69, 9.17) is 9.88 Å². The van der Waals surface area contributed by atoms with Crippen LogP contribution >= 0.6 is 11.3 Å². The first-order valence-corrected chi connectivity index (χ1v) is 9.20. The van der Waals surface area contributed by atoms with Gasteiger partial charge in [-0.2, -0.15) is 0 Å². The van der Waals surface area contributed by atoms with Crippen LogP contribution in [0.4, 0.5) is 5.69 Å². The first kappa shape index (κ1) is 18.1. The number of amides is 1. The average molecular weight is 368 g/mol. The molecule has 1 aromatic carbocycles. The summed E-state index contributed by atoms with van der Waals surface area (Å²) < 4.78 is 27.5. The first-order valence-electron chi connectivity index (χ1n) is 6.83. The summed E-state index contributed by atoms with van der Waals surface area (Å²) >= 11 is 1.47. The number of thiophene rings is 1. The van der Waals surface area contributed by atoms with Gasteiger partial charge in [0.25, 0.3) is 5.91 Å². The number of rotatable bonds is 5. The second-order valence-electron chi connectivity index (χ2n) is 5.02. The number of benzene rings is 1. The lowest BCUT2D eigenvalue weighted by atomic mass is 10.2. The molecule has 9 heteroatoms. The second kappa shape index (κ2) is 7.12. The summed E-state index contributed by atoms with van der Waals surface area (Å²) in [7, 11) is -3.86. The molecule has 0 saturated heterocycles. The van der Waals surface area contributed by atoms with Gasteiger partial charge in [-0.15, -0.1) is 11.3 Å². The van der Waals surface area contributed by atoms with E-state index in [1.54, 1.807) is 13.0 Å². The maximum absolute atomic E-state index is 11.9. The van der Waals surface area contributed by atoms with Crippen LogP contribution in [0.15, 0.2) is 35.2 Å². The van der Waals surface area contributed by atoms with Crippen molar-refractivity contribution in [1.82, 2.24) is 0 Å². The summed E-state index contributed by atoms with van der Waals surface area (Å²) in [5, 5.41) is 7.47. The van der Waals surface area contributed by atoms with E-state index in [0.717, 1.165) is 9.75 Å². The Bertz CT molecular complexity index is 887. The van der Waals surface area contributed by atoms with Crippen LogP contribution in [0.3, 0.4) is 0 Å². The van der Waals surface area contributed by atoms with Crippen molar-refractivity contribution in [3.05, 3.63) is 45.6 Å². The number of esters is 1. The first-order chi connectivity index (χ1) is 11.2. The molecule has 7 nitrogen and oxygen atoms in total. The smallest absolute Gasteiger partial charge is 0.339 e. The standard InChI is InChI=1S/C15H16N2O5S2/c1-9-6-13(10(2)23-9)15(19)22-8-14(18)17-11-4-3-5-12(7-11)24(16,20)21/h3-7H,8H2,1-2H3,(H,17,18)(H2,16,20,21). The van der Waals surface area contributed by atoms with E-state index in [1.165, 1.54) is 35.6 Å². The SMILES string of the molecule is Cc1cc(C(=O)OCC(=O)Nc2cccc(S(N)(=O)=O)c2)c(C)s1. The summed E-state index contributed by atoms with van der Waals surface area (Å²) in [5.74, 6) is -1.16. The van der Waals surface area contributed by atoms with Crippen molar-refractivity contribution >= 4 is 38.9 Å². The largest absolute Gasteiger partial charge is 0.452 e. The highest BCUT2D eigenvalue weighted by Crippen LogP contribution is 2.21. The number of nitrogens with one attached hydrogen (secondary N) is 1. The van der Waals surface area contributed by atoms with Crippen LogP contribution < -0.4 is 10.5 Å². The Morgan fingerprint density at radius 1 is 1.25 bits per heavy atom. The van der Waals surface area contributed by atoms with Crippen LogP contribution in [-0.4, -0.2) is 26.9 Å². The van der Waals surface area contributed by atoms with E-state index < -0.39 is 28.5 Å². The number of anilines is 1. The zero-order chi connectivity index (χ0) is 17.9. The maximum atomic E-state index is 11.9. The van der Waals surface area contributed by atoms with E-state index in [2.05, 4.69) is 5.32 Å². The Balaban J connectivity index is 1.97. The van der Waals surface area contributed by atoms with Gasteiger partial charge in [-0.25, -0.2) is 18.4 Å². The molecule has 0 spiro atoms. The van der Waals surface area contributed by atoms with Crippen molar-refractivity contribution in [1.29, 1.82) is 0 Å². The molecular formula is C15H16N2O5S2. The number of carbonyl (C=O) groups is 2. The number of ether oxygens (including phenoxy) is 1. The van der Waals surface area contributed by atoms with Gasteiger partial charge in [-0.1, -0.05) is 6.07 Å². The molecule has 24 heavy (non-hydrogen) atoms. The van der Waals surface area contributed by atoms with Gasteiger partial charge in [-0.05, 0) is 38.1 Å². The van der Waals surface area contributed by atoms with Crippen molar-refractivity contribution in [2.24, 2.45) is 5.14 Å². The fourth-order valence-electron chi connectivity index (χ4n) is 1.99. The molecular weight excluding hydrogens is 352 g/mol. The van der Waals surface area contributed by atoms with Crippen LogP contribution in [0.2, 0.25) is 0 Å². The molecule has 128 valence electrons. The van der Waals surface area contributed by atoms with Gasteiger partial charge >= 0.3 is 5.97 Å². The normalized spacial score (nSPS) is 11.1. The van der Waals surface area contributed by atoms with Gasteiger partial charge in [0.1, 0.15) is 0 Å². The van der Waals surface area contributed by atoms with Gasteiger partial charge in [0.2, 0.25) is 10.0 Å². The monoisotopic (exact) mass is 368 g/mol. The number of sulfonamides is 1. The third-order valence-corrected chi connectivity index (χ3v) is 4.92. The molecule has 0 aliphatic heterocycles. The summed E-state index contributed by atoms with van der Waals surface area (Å²) in [5.41, 5.74) is 0.673. The summed E-state index contributed by atoms with van der Waals surface area (Å²) in [6.07, 6.45) is 0. The molecule has 0 saturated carbocycles. The second-order valence-corrected chi connectivity index (χ2v) is 8.05. The van der Waals surface area contributed by atoms with E-state index >= 15 is 0 Å². The molecule has 1 amide bonds. The molecule has 0 fully saturated rings. The van der Waals surface area contributed by atoms with Gasteiger partial charge in [0, 0.05) is 15.4 Å². The van der Waals surface area contributed by atoms with Gasteiger partial charge in [0.15, 0.2) is 6.61 Å². The third kappa shape index (κ3) is 4.63. The number of primary sulfonamides is 1. The lowest BCUT2D eigenvalue weighted by molar-refractivity contribution is -0.119. The maximum Gasteiger partial charge on any atom is 0.339 e. The van der Waals surface area contributed by atoms with Crippen LogP contribution in [0.25, 0.3) is 0 Å². The average Bonchev–Trinajstić information content (AvgIpc) is 2.83. The minimum absolute atomic E-state index is 0.123. The van der Waals surface area contributed by atoms with Crippen molar-refractivity contribution in [2.45, 2.75) is 18.7 Å². The lowest BCUT2D eigenvalue weighted by Gasteiger charge is -2.07. The summed E-state index contributed by atoms with van der Waals surface area (Å²) in [6.45, 7) is 3.19. The molecule has 0 bridgehead atoms. The predicted octanol–water partition coefficient (Wildman–Crippen LogP) is 1.81. The van der Waals surface area contributed by atoms with Crippen molar-refractivity contribution in [3.8, 4) is 0 Å². The Labute approximate surface area is 143 Å². The molecule has 0 radical (unpaired) electrons. The van der Waals surface area contributed by atoms with Gasteiger partial charge in [0.05, 0.1) is 10.5 Å². The zero-order valence-corrected chi connectivity index (χ0v) is 14.7. The lowest BCUT2D eigenvalue weighted by Crippen LogP contribution is -2.21. The molecule has 1 aromatic heterocycles. The Morgan fingerprint density at radius 2 is 1.96 bits per heavy atom. The Kier molecular flexibility index (Phi) is 5.37. The quantitative estimate of drug-likeness (QED) is 0.781. The topological polar surface area (TPSA) is 116 Å². The van der Waals surface area contributed by atoms with Crippen LogP contribution in [0, 0.1) is 13.8 Å². The molecule has 0 aliphatic carbocycles. The van der Waals surface area contributed by atoms with Crippen molar-refractivity contribution in [3.63, 3.8) is 0 Å². The van der Waals surface area contributed by atoms with E-state index in [-0.39, 0.29) is 10.6 Å². The third-order valence-electron chi connectivity index (χ3n) is 3.04. The Morgan fingerprint density at radius 3 is 2.54 bits per heavy atom. The van der Waals surface area contributed by atoms with Crippen molar-refractivity contribution in [2.75, 3.05) is 11.9 Å². The molecule has 0 aliphatic rings. The molecule has 1 heterocycles. The van der Waals surface area contributed by atoms with Crippen LogP contribution in [0.1, 0.15) is 20.1 Å². The predicted molar refractivity (Wildman–Crippen MR) is 90.5 cm³/mol.